The number of ether oxygens (including phenoxy) is 1. The largest absolute Gasteiger partial charge is 0.494 e. The standard InChI is InChI=1S/C15H12FN3O/c1-20-13-9-11(7-8-12(13)16)15-17-14(18-19-15)10-5-3-2-4-6-10/h2-9H,1H3,(H,17,18,19). The van der Waals surface area contributed by atoms with Gasteiger partial charge in [0.1, 0.15) is 0 Å². The molecule has 0 fully saturated rings. The molecule has 3 rings (SSSR count). The molecule has 1 N–H and O–H groups in total. The smallest absolute Gasteiger partial charge is 0.181 e. The first-order chi connectivity index (χ1) is 9.78. The normalized spacial score (nSPS) is 10.5. The van der Waals surface area contributed by atoms with Crippen LogP contribution in [0.5, 0.6) is 5.75 Å². The number of hydrogen-bond donors (Lipinski definition) is 1. The van der Waals surface area contributed by atoms with Crippen molar-refractivity contribution in [2.24, 2.45) is 0 Å². The van der Waals surface area contributed by atoms with E-state index in [9.17, 15) is 4.39 Å². The molecule has 0 amide bonds. The molecule has 1 heterocycles. The molecule has 20 heavy (non-hydrogen) atoms. The highest BCUT2D eigenvalue weighted by Gasteiger charge is 2.10. The van der Waals surface area contributed by atoms with E-state index in [0.29, 0.717) is 17.2 Å². The molecule has 4 nitrogen and oxygen atoms in total. The number of aromatic nitrogens is 3. The average Bonchev–Trinajstić information content (AvgIpc) is 2.98. The van der Waals surface area contributed by atoms with E-state index in [1.807, 2.05) is 30.3 Å². The molecule has 3 aromatic rings. The summed E-state index contributed by atoms with van der Waals surface area (Å²) in [5.41, 5.74) is 1.64. The van der Waals surface area contributed by atoms with E-state index in [4.69, 9.17) is 4.74 Å². The van der Waals surface area contributed by atoms with Crippen LogP contribution in [0.4, 0.5) is 4.39 Å². The summed E-state index contributed by atoms with van der Waals surface area (Å²) in [6.45, 7) is 0. The Morgan fingerprint density at radius 1 is 1.05 bits per heavy atom. The van der Waals surface area contributed by atoms with Gasteiger partial charge in [-0.25, -0.2) is 9.37 Å². The molecule has 1 aromatic heterocycles. The van der Waals surface area contributed by atoms with Crippen molar-refractivity contribution in [3.63, 3.8) is 0 Å². The zero-order valence-corrected chi connectivity index (χ0v) is 10.8. The Balaban J connectivity index is 1.98. The molecule has 0 radical (unpaired) electrons. The fourth-order valence-corrected chi connectivity index (χ4v) is 1.91. The Bertz CT molecular complexity index is 725. The Morgan fingerprint density at radius 2 is 1.85 bits per heavy atom. The lowest BCUT2D eigenvalue weighted by atomic mass is 10.2. The van der Waals surface area contributed by atoms with Crippen molar-refractivity contribution in [3.05, 3.63) is 54.3 Å². The number of nitrogens with one attached hydrogen (secondary N) is 1. The molecule has 2 aromatic carbocycles. The number of hydrogen-bond acceptors (Lipinski definition) is 3. The molecule has 0 atom stereocenters. The monoisotopic (exact) mass is 269 g/mol. The zero-order valence-electron chi connectivity index (χ0n) is 10.8. The summed E-state index contributed by atoms with van der Waals surface area (Å²) in [5, 5.41) is 7.03. The van der Waals surface area contributed by atoms with Gasteiger partial charge in [-0.05, 0) is 18.2 Å². The molecule has 0 aliphatic heterocycles. The highest BCUT2D eigenvalue weighted by atomic mass is 19.1. The topological polar surface area (TPSA) is 50.8 Å². The highest BCUT2D eigenvalue weighted by molar-refractivity contribution is 5.62. The van der Waals surface area contributed by atoms with Crippen LogP contribution in [0.2, 0.25) is 0 Å². The molecule has 100 valence electrons. The molecular formula is C15H12FN3O. The quantitative estimate of drug-likeness (QED) is 0.793. The Labute approximate surface area is 115 Å². The van der Waals surface area contributed by atoms with E-state index in [1.54, 1.807) is 12.1 Å². The third kappa shape index (κ3) is 2.25. The first-order valence-corrected chi connectivity index (χ1v) is 6.09. The number of nitrogens with zero attached hydrogens (tertiary/aromatic N) is 2. The molecule has 5 heteroatoms. The summed E-state index contributed by atoms with van der Waals surface area (Å²) in [7, 11) is 1.43. The van der Waals surface area contributed by atoms with Gasteiger partial charge in [-0.3, -0.25) is 5.10 Å². The maximum atomic E-state index is 13.4. The summed E-state index contributed by atoms with van der Waals surface area (Å²) in [5.74, 6) is 0.940. The number of aromatic amines is 1. The predicted molar refractivity (Wildman–Crippen MR) is 73.8 cm³/mol. The van der Waals surface area contributed by atoms with E-state index < -0.39 is 5.82 Å². The third-order valence-electron chi connectivity index (χ3n) is 2.94. The zero-order chi connectivity index (χ0) is 13.9. The molecular weight excluding hydrogens is 257 g/mol. The number of rotatable bonds is 3. The maximum Gasteiger partial charge on any atom is 0.181 e. The summed E-state index contributed by atoms with van der Waals surface area (Å²) in [6, 6.07) is 14.2. The van der Waals surface area contributed by atoms with Gasteiger partial charge in [0, 0.05) is 11.1 Å². The van der Waals surface area contributed by atoms with Gasteiger partial charge >= 0.3 is 0 Å². The minimum atomic E-state index is -0.407. The van der Waals surface area contributed by atoms with Crippen molar-refractivity contribution in [1.29, 1.82) is 0 Å². The van der Waals surface area contributed by atoms with Crippen LogP contribution >= 0.6 is 0 Å². The van der Waals surface area contributed by atoms with Gasteiger partial charge in [-0.15, -0.1) is 0 Å². The van der Waals surface area contributed by atoms with Crippen LogP contribution in [0, 0.1) is 5.82 Å². The fraction of sp³-hybridized carbons (Fsp3) is 0.0667. The lowest BCUT2D eigenvalue weighted by molar-refractivity contribution is 0.387. The predicted octanol–water partition coefficient (Wildman–Crippen LogP) is 3.29. The van der Waals surface area contributed by atoms with E-state index in [-0.39, 0.29) is 5.75 Å². The minimum Gasteiger partial charge on any atom is -0.494 e. The Hall–Kier alpha value is -2.69. The van der Waals surface area contributed by atoms with Crippen LogP contribution in [0.1, 0.15) is 0 Å². The van der Waals surface area contributed by atoms with Gasteiger partial charge in [0.2, 0.25) is 0 Å². The average molecular weight is 269 g/mol. The van der Waals surface area contributed by atoms with Gasteiger partial charge in [-0.1, -0.05) is 30.3 Å². The summed E-state index contributed by atoms with van der Waals surface area (Å²) >= 11 is 0. The number of methoxy groups -OCH3 is 1. The van der Waals surface area contributed by atoms with Crippen LogP contribution in [0.25, 0.3) is 22.8 Å². The fourth-order valence-electron chi connectivity index (χ4n) is 1.91. The van der Waals surface area contributed by atoms with Crippen molar-refractivity contribution < 1.29 is 9.13 Å². The van der Waals surface area contributed by atoms with Crippen molar-refractivity contribution >= 4 is 0 Å². The van der Waals surface area contributed by atoms with Crippen LogP contribution < -0.4 is 4.74 Å². The molecule has 0 aliphatic carbocycles. The summed E-state index contributed by atoms with van der Waals surface area (Å²) in [4.78, 5) is 4.41. The van der Waals surface area contributed by atoms with Gasteiger partial charge in [0.15, 0.2) is 23.2 Å². The highest BCUT2D eigenvalue weighted by Crippen LogP contribution is 2.25. The molecule has 0 spiro atoms. The van der Waals surface area contributed by atoms with E-state index in [2.05, 4.69) is 15.2 Å². The molecule has 0 aliphatic rings. The van der Waals surface area contributed by atoms with Gasteiger partial charge < -0.3 is 4.74 Å². The second kappa shape index (κ2) is 5.13. The molecule has 0 bridgehead atoms. The van der Waals surface area contributed by atoms with Crippen LogP contribution in [0.3, 0.4) is 0 Å². The second-order valence-corrected chi connectivity index (χ2v) is 4.22. The minimum absolute atomic E-state index is 0.175. The van der Waals surface area contributed by atoms with Crippen LogP contribution in [0.15, 0.2) is 48.5 Å². The SMILES string of the molecule is COc1cc(-c2n[nH]c(-c3ccccc3)n2)ccc1F. The van der Waals surface area contributed by atoms with Crippen molar-refractivity contribution in [3.8, 4) is 28.5 Å². The van der Waals surface area contributed by atoms with Gasteiger partial charge in [0.05, 0.1) is 7.11 Å². The summed E-state index contributed by atoms with van der Waals surface area (Å²) in [6.07, 6.45) is 0. The van der Waals surface area contributed by atoms with Crippen molar-refractivity contribution in [1.82, 2.24) is 15.2 Å². The Kier molecular flexibility index (Phi) is 3.16. The van der Waals surface area contributed by atoms with Crippen LogP contribution in [-0.2, 0) is 0 Å². The van der Waals surface area contributed by atoms with Gasteiger partial charge in [0.25, 0.3) is 0 Å². The maximum absolute atomic E-state index is 13.4. The van der Waals surface area contributed by atoms with Gasteiger partial charge in [-0.2, -0.15) is 5.10 Å². The first kappa shape index (κ1) is 12.3. The molecule has 0 saturated heterocycles. The lowest BCUT2D eigenvalue weighted by Gasteiger charge is -2.02. The number of halogens is 1. The second-order valence-electron chi connectivity index (χ2n) is 4.22. The van der Waals surface area contributed by atoms with E-state index in [0.717, 1.165) is 5.56 Å². The number of H-pyrrole nitrogens is 1. The van der Waals surface area contributed by atoms with E-state index in [1.165, 1.54) is 13.2 Å². The first-order valence-electron chi connectivity index (χ1n) is 6.09. The van der Waals surface area contributed by atoms with Crippen molar-refractivity contribution in [2.75, 3.05) is 7.11 Å². The molecule has 0 saturated carbocycles. The lowest BCUT2D eigenvalue weighted by Crippen LogP contribution is -1.89. The molecule has 0 unspecified atom stereocenters. The van der Waals surface area contributed by atoms with E-state index >= 15 is 0 Å². The Morgan fingerprint density at radius 3 is 2.60 bits per heavy atom. The summed E-state index contributed by atoms with van der Waals surface area (Å²) < 4.78 is 18.3. The third-order valence-corrected chi connectivity index (χ3v) is 2.94. The van der Waals surface area contributed by atoms with Crippen LogP contribution in [-0.4, -0.2) is 22.3 Å². The number of benzene rings is 2. The van der Waals surface area contributed by atoms with Crippen molar-refractivity contribution in [2.45, 2.75) is 0 Å².